The first-order valence-electron chi connectivity index (χ1n) is 8.49. The Morgan fingerprint density at radius 3 is 2.58 bits per heavy atom. The Morgan fingerprint density at radius 1 is 1.19 bits per heavy atom. The molecule has 9 heteroatoms. The third-order valence-corrected chi connectivity index (χ3v) is 5.32. The quantitative estimate of drug-likeness (QED) is 0.809. The third-order valence-electron chi connectivity index (χ3n) is 4.59. The van der Waals surface area contributed by atoms with Crippen LogP contribution >= 0.6 is 11.8 Å². The van der Waals surface area contributed by atoms with E-state index in [9.17, 15) is 22.8 Å². The zero-order valence-electron chi connectivity index (χ0n) is 14.1. The van der Waals surface area contributed by atoms with Crippen molar-refractivity contribution in [1.82, 2.24) is 15.1 Å². The second-order valence-electron chi connectivity index (χ2n) is 6.38. The first kappa shape index (κ1) is 19.0. The van der Waals surface area contributed by atoms with E-state index in [4.69, 9.17) is 0 Å². The number of piperazine rings is 1. The molecule has 1 atom stereocenters. The lowest BCUT2D eigenvalue weighted by Gasteiger charge is -2.41. The highest BCUT2D eigenvalue weighted by atomic mass is 32.2. The molecule has 0 spiro atoms. The number of amides is 2. The van der Waals surface area contributed by atoms with Crippen LogP contribution in [0.2, 0.25) is 0 Å². The molecule has 0 radical (unpaired) electrons. The van der Waals surface area contributed by atoms with Crippen LogP contribution in [-0.4, -0.2) is 65.9 Å². The SMILES string of the molecule is O=C(c1ccc(SC(F)(F)F)cc1)N1CCCC(N2CCNCC2=O)C1. The van der Waals surface area contributed by atoms with E-state index in [2.05, 4.69) is 5.32 Å². The molecule has 2 amide bonds. The molecule has 2 aliphatic heterocycles. The minimum atomic E-state index is -4.35. The maximum Gasteiger partial charge on any atom is 0.446 e. The molecule has 0 bridgehead atoms. The molecule has 1 aromatic rings. The number of halogens is 3. The minimum Gasteiger partial charge on any atom is -0.337 e. The molecule has 26 heavy (non-hydrogen) atoms. The van der Waals surface area contributed by atoms with Crippen molar-refractivity contribution in [1.29, 1.82) is 0 Å². The van der Waals surface area contributed by atoms with Crippen molar-refractivity contribution < 1.29 is 22.8 Å². The Bertz CT molecular complexity index is 666. The van der Waals surface area contributed by atoms with E-state index < -0.39 is 5.51 Å². The van der Waals surface area contributed by atoms with Crippen LogP contribution in [0.3, 0.4) is 0 Å². The smallest absolute Gasteiger partial charge is 0.337 e. The molecule has 142 valence electrons. The van der Waals surface area contributed by atoms with Crippen molar-refractivity contribution in [3.8, 4) is 0 Å². The summed E-state index contributed by atoms with van der Waals surface area (Å²) in [6.07, 6.45) is 1.66. The highest BCUT2D eigenvalue weighted by Gasteiger charge is 2.32. The van der Waals surface area contributed by atoms with Crippen LogP contribution in [0, 0.1) is 0 Å². The van der Waals surface area contributed by atoms with Gasteiger partial charge in [0.05, 0.1) is 6.54 Å². The first-order chi connectivity index (χ1) is 12.3. The fourth-order valence-corrected chi connectivity index (χ4v) is 3.92. The lowest BCUT2D eigenvalue weighted by atomic mass is 10.0. The maximum absolute atomic E-state index is 12.7. The standard InChI is InChI=1S/C17H20F3N3O2S/c18-17(19,20)26-14-5-3-12(4-6-14)16(25)22-8-1-2-13(11-22)23-9-7-21-10-15(23)24/h3-6,13,21H,1-2,7-11H2. The van der Waals surface area contributed by atoms with Gasteiger partial charge in [-0.3, -0.25) is 9.59 Å². The zero-order chi connectivity index (χ0) is 18.7. The number of carbonyl (C=O) groups excluding carboxylic acids is 2. The molecular weight excluding hydrogens is 367 g/mol. The van der Waals surface area contributed by atoms with Gasteiger partial charge < -0.3 is 15.1 Å². The topological polar surface area (TPSA) is 52.7 Å². The van der Waals surface area contributed by atoms with Gasteiger partial charge >= 0.3 is 5.51 Å². The summed E-state index contributed by atoms with van der Waals surface area (Å²) in [6.45, 7) is 2.75. The van der Waals surface area contributed by atoms with Crippen LogP contribution in [0.15, 0.2) is 29.2 Å². The van der Waals surface area contributed by atoms with Crippen LogP contribution in [0.1, 0.15) is 23.2 Å². The molecule has 0 aromatic heterocycles. The molecule has 5 nitrogen and oxygen atoms in total. The summed E-state index contributed by atoms with van der Waals surface area (Å²) in [7, 11) is 0. The average molecular weight is 387 g/mol. The number of likely N-dealkylation sites (tertiary alicyclic amines) is 1. The lowest BCUT2D eigenvalue weighted by Crippen LogP contribution is -2.57. The van der Waals surface area contributed by atoms with Crippen molar-refractivity contribution in [2.45, 2.75) is 29.3 Å². The molecule has 3 rings (SSSR count). The summed E-state index contributed by atoms with van der Waals surface area (Å²) in [4.78, 5) is 28.3. The monoisotopic (exact) mass is 387 g/mol. The number of hydrogen-bond donors (Lipinski definition) is 1. The summed E-state index contributed by atoms with van der Waals surface area (Å²) < 4.78 is 37.2. The van der Waals surface area contributed by atoms with E-state index in [0.717, 1.165) is 19.4 Å². The molecule has 2 fully saturated rings. The van der Waals surface area contributed by atoms with Crippen LogP contribution in [0.5, 0.6) is 0 Å². The number of thioether (sulfide) groups is 1. The molecule has 0 aliphatic carbocycles. The molecule has 1 N–H and O–H groups in total. The molecule has 1 unspecified atom stereocenters. The third kappa shape index (κ3) is 4.70. The van der Waals surface area contributed by atoms with Crippen LogP contribution in [0.25, 0.3) is 0 Å². The van der Waals surface area contributed by atoms with Gasteiger partial charge in [0.25, 0.3) is 5.91 Å². The normalized spacial score (nSPS) is 21.8. The van der Waals surface area contributed by atoms with Crippen LogP contribution in [0.4, 0.5) is 13.2 Å². The minimum absolute atomic E-state index is 0.00218. The first-order valence-corrected chi connectivity index (χ1v) is 9.30. The largest absolute Gasteiger partial charge is 0.446 e. The van der Waals surface area contributed by atoms with E-state index in [0.29, 0.717) is 31.7 Å². The van der Waals surface area contributed by atoms with Crippen molar-refractivity contribution in [3.63, 3.8) is 0 Å². The van der Waals surface area contributed by atoms with Gasteiger partial charge in [0.15, 0.2) is 0 Å². The number of carbonyl (C=O) groups is 2. The number of hydrogen-bond acceptors (Lipinski definition) is 4. The van der Waals surface area contributed by atoms with E-state index in [1.165, 1.54) is 24.3 Å². The van der Waals surface area contributed by atoms with Crippen molar-refractivity contribution in [3.05, 3.63) is 29.8 Å². The summed E-state index contributed by atoms with van der Waals surface area (Å²) in [5.74, 6) is -0.162. The highest BCUT2D eigenvalue weighted by Crippen LogP contribution is 2.36. The fraction of sp³-hybridized carbons (Fsp3) is 0.529. The number of benzene rings is 1. The van der Waals surface area contributed by atoms with Gasteiger partial charge in [-0.1, -0.05) is 0 Å². The zero-order valence-corrected chi connectivity index (χ0v) is 14.9. The van der Waals surface area contributed by atoms with Gasteiger partial charge in [0.1, 0.15) is 0 Å². The Hall–Kier alpha value is -1.74. The predicted octanol–water partition coefficient (Wildman–Crippen LogP) is 2.33. The number of rotatable bonds is 3. The summed E-state index contributed by atoms with van der Waals surface area (Å²) in [5, 5.41) is 3.03. The Kier molecular flexibility index (Phi) is 5.76. The van der Waals surface area contributed by atoms with Gasteiger partial charge in [-0.05, 0) is 48.9 Å². The lowest BCUT2D eigenvalue weighted by molar-refractivity contribution is -0.135. The van der Waals surface area contributed by atoms with E-state index >= 15 is 0 Å². The van der Waals surface area contributed by atoms with Gasteiger partial charge in [-0.25, -0.2) is 0 Å². The molecular formula is C17H20F3N3O2S. The Labute approximate surface area is 153 Å². The number of nitrogens with one attached hydrogen (secondary N) is 1. The number of nitrogens with zero attached hydrogens (tertiary/aromatic N) is 2. The Morgan fingerprint density at radius 2 is 1.92 bits per heavy atom. The van der Waals surface area contributed by atoms with Crippen molar-refractivity contribution in [2.75, 3.05) is 32.7 Å². The van der Waals surface area contributed by atoms with Crippen molar-refractivity contribution >= 4 is 23.6 Å². The van der Waals surface area contributed by atoms with Gasteiger partial charge in [-0.2, -0.15) is 13.2 Å². The van der Waals surface area contributed by atoms with E-state index in [-0.39, 0.29) is 34.5 Å². The van der Waals surface area contributed by atoms with Gasteiger partial charge in [0, 0.05) is 42.7 Å². The predicted molar refractivity (Wildman–Crippen MR) is 91.9 cm³/mol. The molecule has 1 aromatic carbocycles. The highest BCUT2D eigenvalue weighted by molar-refractivity contribution is 8.00. The second-order valence-corrected chi connectivity index (χ2v) is 7.52. The molecule has 0 saturated carbocycles. The van der Waals surface area contributed by atoms with Gasteiger partial charge in [0.2, 0.25) is 5.91 Å². The fourth-order valence-electron chi connectivity index (χ4n) is 3.38. The summed E-state index contributed by atoms with van der Waals surface area (Å²) in [5.41, 5.74) is -3.98. The van der Waals surface area contributed by atoms with E-state index in [1.54, 1.807) is 4.90 Å². The average Bonchev–Trinajstić information content (AvgIpc) is 2.61. The second kappa shape index (κ2) is 7.87. The molecule has 2 aliphatic rings. The number of alkyl halides is 3. The number of piperidine rings is 1. The Balaban J connectivity index is 1.64. The summed E-state index contributed by atoms with van der Waals surface area (Å²) >= 11 is -0.199. The van der Waals surface area contributed by atoms with Crippen molar-refractivity contribution in [2.24, 2.45) is 0 Å². The van der Waals surface area contributed by atoms with E-state index in [1.807, 2.05) is 4.90 Å². The summed E-state index contributed by atoms with van der Waals surface area (Å²) in [6, 6.07) is 5.48. The van der Waals surface area contributed by atoms with Gasteiger partial charge in [-0.15, -0.1) is 0 Å². The van der Waals surface area contributed by atoms with Crippen LogP contribution in [-0.2, 0) is 4.79 Å². The molecule has 2 saturated heterocycles. The maximum atomic E-state index is 12.7. The molecule has 2 heterocycles. The van der Waals surface area contributed by atoms with Crippen LogP contribution < -0.4 is 5.32 Å².